The van der Waals surface area contributed by atoms with E-state index in [9.17, 15) is 30.8 Å². The van der Waals surface area contributed by atoms with Crippen LogP contribution in [0.1, 0.15) is 67.5 Å². The normalized spacial score (nSPS) is 21.8. The van der Waals surface area contributed by atoms with Crippen LogP contribution in [0.5, 0.6) is 0 Å². The van der Waals surface area contributed by atoms with Crippen LogP contribution in [0.25, 0.3) is 5.65 Å². The van der Waals surface area contributed by atoms with Crippen molar-refractivity contribution in [2.45, 2.75) is 56.7 Å². The Morgan fingerprint density at radius 2 is 1.79 bits per heavy atom. The molecule has 2 aliphatic rings. The molecule has 1 amide bonds. The summed E-state index contributed by atoms with van der Waals surface area (Å²) in [7, 11) is -2.13. The summed E-state index contributed by atoms with van der Waals surface area (Å²) in [6, 6.07) is 5.11. The third-order valence-corrected chi connectivity index (χ3v) is 9.53. The number of nitrogens with zero attached hydrogens (tertiary/aromatic N) is 4. The SMILES string of the molecule is CN(C(=O)C1CCS(=O)(=O)CC1)[C@H](c1ccc([C@@H]2CC(C)(C)c3c2cnc2cc(F)nn32)cc1)C(F)(F)F. The molecule has 1 fully saturated rings. The summed E-state index contributed by atoms with van der Waals surface area (Å²) in [5, 5.41) is 3.95. The number of alkyl halides is 3. The van der Waals surface area contributed by atoms with Gasteiger partial charge in [0.2, 0.25) is 11.9 Å². The number of hydrogen-bond donors (Lipinski definition) is 0. The average molecular weight is 553 g/mol. The van der Waals surface area contributed by atoms with Crippen molar-refractivity contribution in [2.24, 2.45) is 5.92 Å². The third-order valence-electron chi connectivity index (χ3n) is 7.82. The minimum absolute atomic E-state index is 0.0212. The summed E-state index contributed by atoms with van der Waals surface area (Å²) < 4.78 is 81.4. The zero-order chi connectivity index (χ0) is 27.6. The molecule has 3 heterocycles. The van der Waals surface area contributed by atoms with Crippen LogP contribution in [0.3, 0.4) is 0 Å². The molecule has 1 aromatic carbocycles. The monoisotopic (exact) mass is 552 g/mol. The van der Waals surface area contributed by atoms with Crippen molar-refractivity contribution < 1.29 is 30.8 Å². The Bertz CT molecular complexity index is 1490. The first-order chi connectivity index (χ1) is 17.7. The van der Waals surface area contributed by atoms with Gasteiger partial charge in [0.05, 0.1) is 17.2 Å². The minimum atomic E-state index is -4.73. The van der Waals surface area contributed by atoms with Gasteiger partial charge in [0, 0.05) is 42.1 Å². The number of fused-ring (bicyclic) bond motifs is 3. The second-order valence-electron chi connectivity index (χ2n) is 10.9. The van der Waals surface area contributed by atoms with Crippen molar-refractivity contribution in [1.29, 1.82) is 0 Å². The summed E-state index contributed by atoms with van der Waals surface area (Å²) >= 11 is 0. The van der Waals surface area contributed by atoms with E-state index >= 15 is 0 Å². The fourth-order valence-corrected chi connectivity index (χ4v) is 7.45. The van der Waals surface area contributed by atoms with E-state index in [0.29, 0.717) is 17.0 Å². The zero-order valence-electron chi connectivity index (χ0n) is 21.2. The fraction of sp³-hybridized carbons (Fsp3) is 0.500. The summed E-state index contributed by atoms with van der Waals surface area (Å²) in [6.07, 6.45) is -2.38. The first-order valence-electron chi connectivity index (χ1n) is 12.4. The quantitative estimate of drug-likeness (QED) is 0.443. The van der Waals surface area contributed by atoms with Crippen LogP contribution in [0, 0.1) is 11.9 Å². The number of amides is 1. The van der Waals surface area contributed by atoms with Crippen molar-refractivity contribution in [1.82, 2.24) is 19.5 Å². The lowest BCUT2D eigenvalue weighted by Crippen LogP contribution is -2.44. The van der Waals surface area contributed by atoms with Crippen LogP contribution in [-0.4, -0.2) is 58.6 Å². The van der Waals surface area contributed by atoms with Crippen LogP contribution in [0.4, 0.5) is 17.6 Å². The Labute approximate surface area is 217 Å². The van der Waals surface area contributed by atoms with Crippen molar-refractivity contribution >= 4 is 21.4 Å². The molecule has 0 bridgehead atoms. The van der Waals surface area contributed by atoms with Gasteiger partial charge in [-0.15, -0.1) is 5.10 Å². The number of aromatic nitrogens is 3. The van der Waals surface area contributed by atoms with E-state index in [0.717, 1.165) is 23.9 Å². The van der Waals surface area contributed by atoms with Crippen LogP contribution >= 0.6 is 0 Å². The molecule has 1 aliphatic heterocycles. The molecule has 0 unspecified atom stereocenters. The molecule has 38 heavy (non-hydrogen) atoms. The predicted octanol–water partition coefficient (Wildman–Crippen LogP) is 4.57. The van der Waals surface area contributed by atoms with Gasteiger partial charge in [-0.3, -0.25) is 4.79 Å². The van der Waals surface area contributed by atoms with Gasteiger partial charge in [-0.25, -0.2) is 17.9 Å². The average Bonchev–Trinajstić information content (AvgIpc) is 3.33. The lowest BCUT2D eigenvalue weighted by Gasteiger charge is -2.34. The molecule has 7 nitrogen and oxygen atoms in total. The molecule has 0 saturated carbocycles. The molecule has 2 atom stereocenters. The van der Waals surface area contributed by atoms with E-state index in [1.165, 1.54) is 22.7 Å². The number of hydrogen-bond acceptors (Lipinski definition) is 5. The predicted molar refractivity (Wildman–Crippen MR) is 132 cm³/mol. The Hall–Kier alpha value is -3.02. The van der Waals surface area contributed by atoms with Gasteiger partial charge >= 0.3 is 6.18 Å². The van der Waals surface area contributed by atoms with Crippen molar-refractivity contribution in [2.75, 3.05) is 18.6 Å². The standard InChI is InChI=1S/C26H28F4N4O3S/c1-25(2)13-18(19-14-31-21-12-20(27)32-34(21)23(19)25)15-4-6-16(7-5-15)22(26(28,29)30)33(3)24(35)17-8-10-38(36,37)11-9-17/h4-7,12,14,17-18,22H,8-11,13H2,1-3H3/t18-,22+/m0/s1. The van der Waals surface area contributed by atoms with Crippen molar-refractivity contribution in [3.8, 4) is 0 Å². The highest BCUT2D eigenvalue weighted by Crippen LogP contribution is 2.49. The second kappa shape index (κ2) is 9.03. The highest BCUT2D eigenvalue weighted by molar-refractivity contribution is 7.91. The van der Waals surface area contributed by atoms with Gasteiger partial charge in [0.15, 0.2) is 11.7 Å². The molecule has 12 heteroatoms. The molecule has 0 radical (unpaired) electrons. The third kappa shape index (κ3) is 4.67. The van der Waals surface area contributed by atoms with Gasteiger partial charge in [-0.1, -0.05) is 38.1 Å². The maximum absolute atomic E-state index is 14.2. The van der Waals surface area contributed by atoms with Crippen LogP contribution in [0.15, 0.2) is 36.5 Å². The maximum atomic E-state index is 14.2. The first-order valence-corrected chi connectivity index (χ1v) is 14.2. The number of rotatable bonds is 4. The molecule has 5 rings (SSSR count). The van der Waals surface area contributed by atoms with E-state index in [1.807, 2.05) is 13.8 Å². The highest BCUT2D eigenvalue weighted by Gasteiger charge is 2.47. The minimum Gasteiger partial charge on any atom is -0.330 e. The molecule has 1 aliphatic carbocycles. The molecule has 0 N–H and O–H groups in total. The highest BCUT2D eigenvalue weighted by atomic mass is 32.2. The van der Waals surface area contributed by atoms with Crippen LogP contribution in [0.2, 0.25) is 0 Å². The lowest BCUT2D eigenvalue weighted by molar-refractivity contribution is -0.190. The Kier molecular flexibility index (Phi) is 6.32. The largest absolute Gasteiger partial charge is 0.413 e. The van der Waals surface area contributed by atoms with Crippen LogP contribution in [-0.2, 0) is 20.0 Å². The summed E-state index contributed by atoms with van der Waals surface area (Å²) in [6.45, 7) is 4.02. The van der Waals surface area contributed by atoms with Gasteiger partial charge in [0.25, 0.3) is 0 Å². The number of carbonyl (C=O) groups is 1. The number of sulfone groups is 1. The Morgan fingerprint density at radius 1 is 1.16 bits per heavy atom. The fourth-order valence-electron chi connectivity index (χ4n) is 5.96. The smallest absolute Gasteiger partial charge is 0.330 e. The maximum Gasteiger partial charge on any atom is 0.413 e. The topological polar surface area (TPSA) is 84.6 Å². The lowest BCUT2D eigenvalue weighted by atomic mass is 9.86. The Morgan fingerprint density at radius 3 is 2.39 bits per heavy atom. The molecular formula is C26H28F4N4O3S. The molecule has 0 spiro atoms. The number of benzene rings is 1. The summed E-state index contributed by atoms with van der Waals surface area (Å²) in [4.78, 5) is 18.0. The van der Waals surface area contributed by atoms with Gasteiger partial charge < -0.3 is 4.90 Å². The Balaban J connectivity index is 1.44. The molecule has 1 saturated heterocycles. The summed E-state index contributed by atoms with van der Waals surface area (Å²) in [5.41, 5.74) is 2.36. The molecule has 204 valence electrons. The molecule has 3 aromatic rings. The molecule has 2 aromatic heterocycles. The van der Waals surface area contributed by atoms with Crippen LogP contribution < -0.4 is 0 Å². The first kappa shape index (κ1) is 26.6. The zero-order valence-corrected chi connectivity index (χ0v) is 22.0. The number of halogens is 4. The van der Waals surface area contributed by atoms with E-state index in [-0.39, 0.29) is 41.2 Å². The van der Waals surface area contributed by atoms with E-state index in [4.69, 9.17) is 0 Å². The van der Waals surface area contributed by atoms with E-state index in [2.05, 4.69) is 10.1 Å². The van der Waals surface area contributed by atoms with Crippen molar-refractivity contribution in [3.05, 3.63) is 64.9 Å². The van der Waals surface area contributed by atoms with E-state index in [1.54, 1.807) is 18.3 Å². The van der Waals surface area contributed by atoms with Crippen molar-refractivity contribution in [3.63, 3.8) is 0 Å². The van der Waals surface area contributed by atoms with Gasteiger partial charge in [-0.2, -0.15) is 17.6 Å². The molecular weight excluding hydrogens is 524 g/mol. The van der Waals surface area contributed by atoms with E-state index < -0.39 is 39.8 Å². The number of carbonyl (C=O) groups excluding carboxylic acids is 1. The van der Waals surface area contributed by atoms with Gasteiger partial charge in [0.1, 0.15) is 9.84 Å². The van der Waals surface area contributed by atoms with Gasteiger partial charge in [-0.05, 0) is 30.4 Å². The summed E-state index contributed by atoms with van der Waals surface area (Å²) in [5.74, 6) is -2.68. The second-order valence-corrected chi connectivity index (χ2v) is 13.2.